The summed E-state index contributed by atoms with van der Waals surface area (Å²) in [4.78, 5) is 29.0. The lowest BCUT2D eigenvalue weighted by atomic mass is 9.77. The van der Waals surface area contributed by atoms with E-state index in [0.29, 0.717) is 19.4 Å². The van der Waals surface area contributed by atoms with Crippen LogP contribution in [0.25, 0.3) is 0 Å². The van der Waals surface area contributed by atoms with Gasteiger partial charge in [-0.25, -0.2) is 0 Å². The van der Waals surface area contributed by atoms with Crippen LogP contribution in [-0.2, 0) is 19.1 Å². The highest BCUT2D eigenvalue weighted by molar-refractivity contribution is 5.86. The van der Waals surface area contributed by atoms with Gasteiger partial charge in [-0.1, -0.05) is 27.4 Å². The minimum absolute atomic E-state index is 0.0846. The summed E-state index contributed by atoms with van der Waals surface area (Å²) in [5, 5.41) is 40.5. The molecule has 0 bridgehead atoms. The van der Waals surface area contributed by atoms with Gasteiger partial charge in [0.15, 0.2) is 6.29 Å². The van der Waals surface area contributed by atoms with Gasteiger partial charge in [-0.3, -0.25) is 9.59 Å². The fourth-order valence-electron chi connectivity index (χ4n) is 6.73. The molecule has 2 aliphatic rings. The van der Waals surface area contributed by atoms with Gasteiger partial charge in [-0.05, 0) is 92.1 Å². The number of amides is 2. The lowest BCUT2D eigenvalue weighted by Gasteiger charge is -2.46. The van der Waals surface area contributed by atoms with E-state index in [-0.39, 0.29) is 35.9 Å². The molecule has 11 nitrogen and oxygen atoms in total. The second-order valence-corrected chi connectivity index (χ2v) is 13.7. The summed E-state index contributed by atoms with van der Waals surface area (Å²) >= 11 is 0. The van der Waals surface area contributed by atoms with Crippen molar-refractivity contribution in [2.24, 2.45) is 17.8 Å². The maximum Gasteiger partial charge on any atom is 0.243 e. The maximum absolute atomic E-state index is 13.4. The van der Waals surface area contributed by atoms with E-state index in [1.54, 1.807) is 20.8 Å². The Morgan fingerprint density at radius 3 is 2.53 bits per heavy atom. The van der Waals surface area contributed by atoms with Crippen molar-refractivity contribution < 1.29 is 34.4 Å². The average molecular weight is 613 g/mol. The Hall–Kier alpha value is -1.60. The summed E-state index contributed by atoms with van der Waals surface area (Å²) in [7, 11) is 5.85. The number of aliphatic hydroxyl groups is 3. The molecule has 0 aromatic carbocycles. The van der Waals surface area contributed by atoms with Crippen LogP contribution in [0.1, 0.15) is 73.1 Å². The molecule has 0 unspecified atom stereocenters. The first-order valence-electron chi connectivity index (χ1n) is 16.0. The first-order chi connectivity index (χ1) is 20.1. The monoisotopic (exact) mass is 612 g/mol. The van der Waals surface area contributed by atoms with Crippen molar-refractivity contribution in [3.05, 3.63) is 12.7 Å². The third-order valence-corrected chi connectivity index (χ3v) is 9.17. The Kier molecular flexibility index (Phi) is 15.0. The fourth-order valence-corrected chi connectivity index (χ4v) is 6.73. The summed E-state index contributed by atoms with van der Waals surface area (Å²) in [6, 6.07) is -0.274. The number of hydrogen-bond acceptors (Lipinski definition) is 9. The second kappa shape index (κ2) is 17.2. The van der Waals surface area contributed by atoms with Crippen molar-refractivity contribution in [2.45, 2.75) is 122 Å². The number of likely N-dealkylation sites (N-methyl/N-ethyl adjacent to an activating group) is 1. The summed E-state index contributed by atoms with van der Waals surface area (Å²) in [6.45, 7) is 14.7. The zero-order chi connectivity index (χ0) is 32.5. The Balaban J connectivity index is 2.27. The standard InChI is InChI=1S/C32H60N4O7/c1-10-26(37)33-15-12-11-13-24-14-16-36(9)19-20(2)18-32(6,41)29(22(4)27(38)23(5)30(40)34-24)43-31-28(39)25(35(7)8)17-21(3)42-31/h10,20-25,27-29,31,38-39,41H,1,11-19H2,2-9H3,(H,33,37)(H,34,40)/t20-,21-,22+,23-,24+,25+,27+,28-,29-,31+,32-/m1/s1. The molecule has 250 valence electrons. The lowest BCUT2D eigenvalue weighted by molar-refractivity contribution is -0.299. The SMILES string of the molecule is C=CC(=O)NCCCC[C@H]1CCN(C)C[C@H](C)C[C@@](C)(O)[C@H](O[C@@H]2O[C@H](C)C[C@H](N(C)C)[C@H]2O)[C@@H](C)[C@H](O)[C@@H](C)C(=O)N1. The molecule has 2 saturated heterocycles. The molecule has 0 radical (unpaired) electrons. The van der Waals surface area contributed by atoms with Gasteiger partial charge in [0, 0.05) is 31.1 Å². The molecule has 43 heavy (non-hydrogen) atoms. The van der Waals surface area contributed by atoms with Crippen LogP contribution in [-0.4, -0.2) is 126 Å². The molecule has 11 heteroatoms. The van der Waals surface area contributed by atoms with E-state index < -0.39 is 42.0 Å². The molecule has 11 atom stereocenters. The number of nitrogens with one attached hydrogen (secondary N) is 2. The number of rotatable bonds is 9. The Bertz CT molecular complexity index is 888. The van der Waals surface area contributed by atoms with Gasteiger partial charge in [-0.2, -0.15) is 0 Å². The number of carbonyl (C=O) groups is 2. The molecule has 0 spiro atoms. The van der Waals surface area contributed by atoms with E-state index in [9.17, 15) is 24.9 Å². The fraction of sp³-hybridized carbons (Fsp3) is 0.875. The predicted octanol–water partition coefficient (Wildman–Crippen LogP) is 1.50. The zero-order valence-corrected chi connectivity index (χ0v) is 27.8. The predicted molar refractivity (Wildman–Crippen MR) is 167 cm³/mol. The number of carbonyl (C=O) groups excluding carboxylic acids is 2. The van der Waals surface area contributed by atoms with Crippen LogP contribution in [0, 0.1) is 17.8 Å². The van der Waals surface area contributed by atoms with Gasteiger partial charge in [0.2, 0.25) is 11.8 Å². The highest BCUT2D eigenvalue weighted by Crippen LogP contribution is 2.35. The third kappa shape index (κ3) is 11.4. The van der Waals surface area contributed by atoms with Crippen LogP contribution in [0.15, 0.2) is 12.7 Å². The molecule has 2 aliphatic heterocycles. The van der Waals surface area contributed by atoms with Crippen LogP contribution >= 0.6 is 0 Å². The first kappa shape index (κ1) is 37.6. The van der Waals surface area contributed by atoms with Crippen molar-refractivity contribution in [3.8, 4) is 0 Å². The highest BCUT2D eigenvalue weighted by atomic mass is 16.7. The normalized spacial score (nSPS) is 39.1. The number of unbranched alkanes of at least 4 members (excludes halogenated alkanes) is 1. The van der Waals surface area contributed by atoms with Crippen LogP contribution < -0.4 is 10.6 Å². The number of aliphatic hydroxyl groups excluding tert-OH is 2. The van der Waals surface area contributed by atoms with Gasteiger partial charge in [0.05, 0.1) is 29.8 Å². The molecule has 0 saturated carbocycles. The number of ether oxygens (including phenoxy) is 2. The van der Waals surface area contributed by atoms with Gasteiger partial charge < -0.3 is 45.2 Å². The quantitative estimate of drug-likeness (QED) is 0.193. The van der Waals surface area contributed by atoms with Crippen LogP contribution in [0.3, 0.4) is 0 Å². The number of nitrogens with zero attached hydrogens (tertiary/aromatic N) is 2. The molecular weight excluding hydrogens is 552 g/mol. The molecule has 2 rings (SSSR count). The largest absolute Gasteiger partial charge is 0.392 e. The van der Waals surface area contributed by atoms with Crippen molar-refractivity contribution in [3.63, 3.8) is 0 Å². The summed E-state index contributed by atoms with van der Waals surface area (Å²) in [5.41, 5.74) is -1.37. The maximum atomic E-state index is 13.4. The minimum Gasteiger partial charge on any atom is -0.392 e. The van der Waals surface area contributed by atoms with Gasteiger partial charge in [0.25, 0.3) is 0 Å². The third-order valence-electron chi connectivity index (χ3n) is 9.17. The van der Waals surface area contributed by atoms with Crippen LogP contribution in [0.2, 0.25) is 0 Å². The van der Waals surface area contributed by atoms with Crippen molar-refractivity contribution in [1.29, 1.82) is 0 Å². The summed E-state index contributed by atoms with van der Waals surface area (Å²) < 4.78 is 12.5. The molecular formula is C32H60N4O7. The van der Waals surface area contributed by atoms with Crippen molar-refractivity contribution >= 4 is 11.8 Å². The van der Waals surface area contributed by atoms with E-state index >= 15 is 0 Å². The first-order valence-corrected chi connectivity index (χ1v) is 16.0. The van der Waals surface area contributed by atoms with Gasteiger partial charge >= 0.3 is 0 Å². The van der Waals surface area contributed by atoms with E-state index in [1.165, 1.54) is 6.08 Å². The molecule has 0 aromatic heterocycles. The topological polar surface area (TPSA) is 144 Å². The smallest absolute Gasteiger partial charge is 0.243 e. The van der Waals surface area contributed by atoms with Crippen molar-refractivity contribution in [2.75, 3.05) is 40.8 Å². The molecule has 5 N–H and O–H groups in total. The lowest BCUT2D eigenvalue weighted by Crippen LogP contribution is -2.59. The molecule has 2 amide bonds. The Morgan fingerprint density at radius 2 is 1.91 bits per heavy atom. The minimum atomic E-state index is -1.37. The van der Waals surface area contributed by atoms with E-state index in [2.05, 4.69) is 29.0 Å². The molecule has 2 heterocycles. The highest BCUT2D eigenvalue weighted by Gasteiger charge is 2.47. The van der Waals surface area contributed by atoms with E-state index in [1.807, 2.05) is 33.0 Å². The Morgan fingerprint density at radius 1 is 1.23 bits per heavy atom. The zero-order valence-electron chi connectivity index (χ0n) is 27.8. The Labute approximate surface area is 259 Å². The van der Waals surface area contributed by atoms with Gasteiger partial charge in [-0.15, -0.1) is 0 Å². The molecule has 0 aliphatic carbocycles. The number of hydrogen-bond donors (Lipinski definition) is 5. The van der Waals surface area contributed by atoms with E-state index in [4.69, 9.17) is 9.47 Å². The molecule has 0 aromatic rings. The second-order valence-electron chi connectivity index (χ2n) is 13.7. The summed E-state index contributed by atoms with van der Waals surface area (Å²) in [5.74, 6) is -1.78. The summed E-state index contributed by atoms with van der Waals surface area (Å²) in [6.07, 6.45) is 1.25. The van der Waals surface area contributed by atoms with E-state index in [0.717, 1.165) is 38.8 Å². The van der Waals surface area contributed by atoms with Crippen molar-refractivity contribution in [1.82, 2.24) is 20.4 Å². The average Bonchev–Trinajstić information content (AvgIpc) is 2.93. The van der Waals surface area contributed by atoms with Crippen LogP contribution in [0.4, 0.5) is 0 Å². The van der Waals surface area contributed by atoms with Gasteiger partial charge in [0.1, 0.15) is 6.10 Å². The van der Waals surface area contributed by atoms with Crippen LogP contribution in [0.5, 0.6) is 0 Å². The molecule has 2 fully saturated rings.